The van der Waals surface area contributed by atoms with Gasteiger partial charge in [0.2, 0.25) is 0 Å². The number of amides is 1. The number of piperidine rings is 1. The minimum atomic E-state index is -4.39. The number of aryl methyl sites for hydroxylation is 1. The number of carbonyl (C=O) groups is 1. The average molecular weight is 488 g/mol. The van der Waals surface area contributed by atoms with Crippen molar-refractivity contribution in [3.63, 3.8) is 0 Å². The molecule has 0 aliphatic carbocycles. The van der Waals surface area contributed by atoms with Gasteiger partial charge in [-0.25, -0.2) is 4.98 Å². The van der Waals surface area contributed by atoms with Crippen LogP contribution >= 0.6 is 11.3 Å². The Bertz CT molecular complexity index is 1230. The number of carbonyl (C=O) groups excluding carboxylic acids is 1. The standard InChI is InChI=1S/C25H24F3N3O2S/c1-15-21(34-22(30-15)17-3-5-18(6-4-17)25(26,27)28)23(32)31-10-8-24(9-11-31)14-33-20-7-2-16(13-29)12-19(20)24/h2-7,12H,8-11,13-14,29H2,1H3. The van der Waals surface area contributed by atoms with Crippen molar-refractivity contribution in [1.82, 2.24) is 9.88 Å². The number of thiazole rings is 1. The third kappa shape index (κ3) is 3.96. The third-order valence-corrected chi connectivity index (χ3v) is 8.01. The van der Waals surface area contributed by atoms with Crippen LogP contribution in [0, 0.1) is 6.92 Å². The molecule has 2 aromatic carbocycles. The number of hydrogen-bond acceptors (Lipinski definition) is 5. The Morgan fingerprint density at radius 3 is 2.53 bits per heavy atom. The van der Waals surface area contributed by atoms with Gasteiger partial charge in [0.15, 0.2) is 0 Å². The summed E-state index contributed by atoms with van der Waals surface area (Å²) < 4.78 is 44.5. The van der Waals surface area contributed by atoms with Crippen LogP contribution in [0.4, 0.5) is 13.2 Å². The molecule has 0 bridgehead atoms. The highest BCUT2D eigenvalue weighted by atomic mass is 32.1. The zero-order chi connectivity index (χ0) is 24.1. The lowest BCUT2D eigenvalue weighted by Crippen LogP contribution is -2.46. The van der Waals surface area contributed by atoms with Gasteiger partial charge in [-0.05, 0) is 43.5 Å². The molecule has 0 atom stereocenters. The van der Waals surface area contributed by atoms with Crippen LogP contribution in [0.3, 0.4) is 0 Å². The van der Waals surface area contributed by atoms with Crippen molar-refractivity contribution >= 4 is 17.2 Å². The predicted octanol–water partition coefficient (Wildman–Crippen LogP) is 5.16. The third-order valence-electron chi connectivity index (χ3n) is 6.81. The van der Waals surface area contributed by atoms with Crippen molar-refractivity contribution in [2.45, 2.75) is 37.9 Å². The molecule has 1 spiro atoms. The van der Waals surface area contributed by atoms with E-state index < -0.39 is 11.7 Å². The van der Waals surface area contributed by atoms with E-state index in [4.69, 9.17) is 10.5 Å². The Morgan fingerprint density at radius 2 is 1.88 bits per heavy atom. The molecule has 2 N–H and O–H groups in total. The molecule has 1 aromatic heterocycles. The van der Waals surface area contributed by atoms with Gasteiger partial charge in [0.25, 0.3) is 5.91 Å². The maximum Gasteiger partial charge on any atom is 0.416 e. The molecule has 5 nitrogen and oxygen atoms in total. The van der Waals surface area contributed by atoms with Gasteiger partial charge in [-0.1, -0.05) is 24.3 Å². The number of fused-ring (bicyclic) bond motifs is 2. The largest absolute Gasteiger partial charge is 0.492 e. The summed E-state index contributed by atoms with van der Waals surface area (Å²) in [5, 5.41) is 0.537. The van der Waals surface area contributed by atoms with E-state index in [0.29, 0.717) is 47.4 Å². The van der Waals surface area contributed by atoms with E-state index >= 15 is 0 Å². The van der Waals surface area contributed by atoms with Crippen molar-refractivity contribution < 1.29 is 22.7 Å². The van der Waals surface area contributed by atoms with Gasteiger partial charge in [0.1, 0.15) is 15.6 Å². The first kappa shape index (κ1) is 22.9. The molecular weight excluding hydrogens is 463 g/mol. The molecule has 2 aliphatic rings. The number of benzene rings is 2. The number of ether oxygens (including phenoxy) is 1. The fourth-order valence-corrected chi connectivity index (χ4v) is 5.79. The summed E-state index contributed by atoms with van der Waals surface area (Å²) >= 11 is 1.22. The van der Waals surface area contributed by atoms with Crippen LogP contribution < -0.4 is 10.5 Å². The topological polar surface area (TPSA) is 68.5 Å². The molecule has 1 fully saturated rings. The van der Waals surface area contributed by atoms with E-state index in [-0.39, 0.29) is 11.3 Å². The average Bonchev–Trinajstić information content (AvgIpc) is 3.39. The molecule has 34 heavy (non-hydrogen) atoms. The molecule has 1 amide bonds. The number of aromatic nitrogens is 1. The minimum Gasteiger partial charge on any atom is -0.492 e. The summed E-state index contributed by atoms with van der Waals surface area (Å²) in [4.78, 5) is 20.1. The van der Waals surface area contributed by atoms with E-state index in [1.165, 1.54) is 29.0 Å². The lowest BCUT2D eigenvalue weighted by molar-refractivity contribution is -0.137. The maximum absolute atomic E-state index is 13.3. The molecule has 5 rings (SSSR count). The fourth-order valence-electron chi connectivity index (χ4n) is 4.75. The summed E-state index contributed by atoms with van der Waals surface area (Å²) in [6, 6.07) is 11.0. The fraction of sp³-hybridized carbons (Fsp3) is 0.360. The summed E-state index contributed by atoms with van der Waals surface area (Å²) in [6.45, 7) is 4.04. The van der Waals surface area contributed by atoms with E-state index in [9.17, 15) is 18.0 Å². The Balaban J connectivity index is 1.31. The number of likely N-dealkylation sites (tertiary alicyclic amines) is 1. The Hall–Kier alpha value is -2.91. The van der Waals surface area contributed by atoms with E-state index in [1.807, 2.05) is 17.0 Å². The first-order valence-electron chi connectivity index (χ1n) is 11.1. The normalized spacial score (nSPS) is 17.0. The van der Waals surface area contributed by atoms with Crippen molar-refractivity contribution in [2.24, 2.45) is 5.73 Å². The quantitative estimate of drug-likeness (QED) is 0.554. The van der Waals surface area contributed by atoms with Gasteiger partial charge in [-0.2, -0.15) is 13.2 Å². The number of rotatable bonds is 3. The summed E-state index contributed by atoms with van der Waals surface area (Å²) in [5.74, 6) is 0.814. The molecule has 3 aromatic rings. The minimum absolute atomic E-state index is 0.0853. The SMILES string of the molecule is Cc1nc(-c2ccc(C(F)(F)F)cc2)sc1C(=O)N1CCC2(CC1)COc1ccc(CN)cc12. The van der Waals surface area contributed by atoms with E-state index in [2.05, 4.69) is 11.1 Å². The van der Waals surface area contributed by atoms with E-state index in [1.54, 1.807) is 6.92 Å². The number of alkyl halides is 3. The lowest BCUT2D eigenvalue weighted by Gasteiger charge is -2.38. The highest BCUT2D eigenvalue weighted by Gasteiger charge is 2.44. The summed E-state index contributed by atoms with van der Waals surface area (Å²) in [5.41, 5.74) is 8.41. The summed E-state index contributed by atoms with van der Waals surface area (Å²) in [6.07, 6.45) is -2.80. The second-order valence-electron chi connectivity index (χ2n) is 8.90. The Labute approximate surface area is 199 Å². The first-order valence-corrected chi connectivity index (χ1v) is 11.9. The highest BCUT2D eigenvalue weighted by Crippen LogP contribution is 2.46. The Kier molecular flexibility index (Phi) is 5.64. The van der Waals surface area contributed by atoms with Crippen LogP contribution in [0.5, 0.6) is 5.75 Å². The van der Waals surface area contributed by atoms with Crippen LogP contribution in [-0.4, -0.2) is 35.5 Å². The van der Waals surface area contributed by atoms with Gasteiger partial charge in [-0.15, -0.1) is 11.3 Å². The second kappa shape index (κ2) is 8.39. The Morgan fingerprint density at radius 1 is 1.18 bits per heavy atom. The van der Waals surface area contributed by atoms with Gasteiger partial charge in [0.05, 0.1) is 17.9 Å². The van der Waals surface area contributed by atoms with Gasteiger partial charge in [-0.3, -0.25) is 4.79 Å². The van der Waals surface area contributed by atoms with Gasteiger partial charge >= 0.3 is 6.18 Å². The first-order chi connectivity index (χ1) is 16.2. The lowest BCUT2D eigenvalue weighted by atomic mass is 9.74. The molecule has 2 aliphatic heterocycles. The monoisotopic (exact) mass is 487 g/mol. The molecule has 9 heteroatoms. The molecule has 0 radical (unpaired) electrons. The van der Waals surface area contributed by atoms with Crippen molar-refractivity contribution in [3.05, 3.63) is 69.7 Å². The molecule has 0 saturated carbocycles. The molecule has 3 heterocycles. The second-order valence-corrected chi connectivity index (χ2v) is 9.90. The molecule has 0 unspecified atom stereocenters. The number of nitrogens with two attached hydrogens (primary N) is 1. The van der Waals surface area contributed by atoms with Crippen molar-refractivity contribution in [2.75, 3.05) is 19.7 Å². The predicted molar refractivity (Wildman–Crippen MR) is 124 cm³/mol. The maximum atomic E-state index is 13.3. The molecule has 178 valence electrons. The molecular formula is C25H24F3N3O2S. The van der Waals surface area contributed by atoms with Crippen molar-refractivity contribution in [3.8, 4) is 16.3 Å². The number of hydrogen-bond donors (Lipinski definition) is 1. The zero-order valence-corrected chi connectivity index (χ0v) is 19.4. The molecule has 1 saturated heterocycles. The number of nitrogens with zero attached hydrogens (tertiary/aromatic N) is 2. The highest BCUT2D eigenvalue weighted by molar-refractivity contribution is 7.17. The van der Waals surface area contributed by atoms with Crippen LogP contribution in [0.1, 0.15) is 44.9 Å². The summed E-state index contributed by atoms with van der Waals surface area (Å²) in [7, 11) is 0. The van der Waals surface area contributed by atoms with Crippen molar-refractivity contribution in [1.29, 1.82) is 0 Å². The van der Waals surface area contributed by atoms with Crippen LogP contribution in [-0.2, 0) is 18.1 Å². The van der Waals surface area contributed by atoms with Gasteiger partial charge in [0, 0.05) is 36.2 Å². The van der Waals surface area contributed by atoms with Crippen LogP contribution in [0.2, 0.25) is 0 Å². The number of halogens is 3. The van der Waals surface area contributed by atoms with Crippen LogP contribution in [0.25, 0.3) is 10.6 Å². The smallest absolute Gasteiger partial charge is 0.416 e. The van der Waals surface area contributed by atoms with E-state index in [0.717, 1.165) is 36.3 Å². The van der Waals surface area contributed by atoms with Gasteiger partial charge < -0.3 is 15.4 Å². The van der Waals surface area contributed by atoms with Crippen LogP contribution in [0.15, 0.2) is 42.5 Å². The zero-order valence-electron chi connectivity index (χ0n) is 18.6.